The molecule has 1 aromatic rings. The summed E-state index contributed by atoms with van der Waals surface area (Å²) in [6, 6.07) is 7.92. The lowest BCUT2D eigenvalue weighted by atomic mass is 10.2. The topological polar surface area (TPSA) is 21.3 Å². The Bertz CT molecular complexity index is 325. The van der Waals surface area contributed by atoms with E-state index in [-0.39, 0.29) is 0 Å². The van der Waals surface area contributed by atoms with Gasteiger partial charge in [0.05, 0.1) is 6.61 Å². The van der Waals surface area contributed by atoms with Crippen LogP contribution in [-0.2, 0) is 11.3 Å². The van der Waals surface area contributed by atoms with Crippen LogP contribution in [0.4, 0.5) is 0 Å². The minimum absolute atomic E-state index is 0.793. The largest absolute Gasteiger partial charge is 0.380 e. The SMILES string of the molecule is Clc1ccccc1CNCCOCC1CC1. The minimum Gasteiger partial charge on any atom is -0.380 e. The second-order valence-corrected chi connectivity index (χ2v) is 4.69. The minimum atomic E-state index is 0.793. The molecular formula is C13H18ClNO. The van der Waals surface area contributed by atoms with Crippen molar-refractivity contribution >= 4 is 11.6 Å². The summed E-state index contributed by atoms with van der Waals surface area (Å²) in [5.41, 5.74) is 1.14. The summed E-state index contributed by atoms with van der Waals surface area (Å²) in [5.74, 6) is 0.851. The van der Waals surface area contributed by atoms with Crippen molar-refractivity contribution in [3.05, 3.63) is 34.9 Å². The van der Waals surface area contributed by atoms with E-state index in [1.807, 2.05) is 24.3 Å². The highest BCUT2D eigenvalue weighted by Crippen LogP contribution is 2.28. The molecule has 0 unspecified atom stereocenters. The van der Waals surface area contributed by atoms with Gasteiger partial charge in [-0.3, -0.25) is 0 Å². The van der Waals surface area contributed by atoms with Gasteiger partial charge in [0, 0.05) is 24.7 Å². The predicted molar refractivity (Wildman–Crippen MR) is 66.7 cm³/mol. The van der Waals surface area contributed by atoms with Crippen molar-refractivity contribution in [1.82, 2.24) is 5.32 Å². The molecule has 1 fully saturated rings. The van der Waals surface area contributed by atoms with E-state index in [0.29, 0.717) is 0 Å². The molecule has 1 aromatic carbocycles. The average Bonchev–Trinajstić information content (AvgIpc) is 3.09. The van der Waals surface area contributed by atoms with Gasteiger partial charge >= 0.3 is 0 Å². The Hall–Kier alpha value is -0.570. The van der Waals surface area contributed by atoms with Gasteiger partial charge in [0.15, 0.2) is 0 Å². The van der Waals surface area contributed by atoms with Gasteiger partial charge in [-0.15, -0.1) is 0 Å². The first-order chi connectivity index (χ1) is 7.86. The number of hydrogen-bond acceptors (Lipinski definition) is 2. The fourth-order valence-electron chi connectivity index (χ4n) is 1.54. The molecule has 1 aliphatic rings. The normalized spacial score (nSPS) is 15.3. The number of hydrogen-bond donors (Lipinski definition) is 1. The number of ether oxygens (including phenoxy) is 1. The summed E-state index contributed by atoms with van der Waals surface area (Å²) in [5, 5.41) is 4.15. The Morgan fingerprint density at radius 1 is 1.31 bits per heavy atom. The molecule has 0 bridgehead atoms. The third-order valence-corrected chi connectivity index (χ3v) is 3.12. The molecule has 2 rings (SSSR count). The Balaban J connectivity index is 1.55. The van der Waals surface area contributed by atoms with Crippen LogP contribution in [0.15, 0.2) is 24.3 Å². The quantitative estimate of drug-likeness (QED) is 0.739. The van der Waals surface area contributed by atoms with Crippen LogP contribution in [0, 0.1) is 5.92 Å². The van der Waals surface area contributed by atoms with Gasteiger partial charge in [0.25, 0.3) is 0 Å². The first kappa shape index (κ1) is 11.9. The maximum atomic E-state index is 6.04. The van der Waals surface area contributed by atoms with Crippen molar-refractivity contribution in [2.45, 2.75) is 19.4 Å². The van der Waals surface area contributed by atoms with E-state index in [1.54, 1.807) is 0 Å². The van der Waals surface area contributed by atoms with E-state index in [0.717, 1.165) is 42.8 Å². The number of nitrogens with one attached hydrogen (secondary N) is 1. The smallest absolute Gasteiger partial charge is 0.0591 e. The van der Waals surface area contributed by atoms with Gasteiger partial charge in [0.1, 0.15) is 0 Å². The third kappa shape index (κ3) is 4.12. The number of benzene rings is 1. The van der Waals surface area contributed by atoms with Gasteiger partial charge in [0.2, 0.25) is 0 Å². The van der Waals surface area contributed by atoms with Crippen LogP contribution in [0.25, 0.3) is 0 Å². The van der Waals surface area contributed by atoms with Crippen LogP contribution in [0.5, 0.6) is 0 Å². The Morgan fingerprint density at radius 2 is 2.12 bits per heavy atom. The molecular weight excluding hydrogens is 222 g/mol. The van der Waals surface area contributed by atoms with Crippen molar-refractivity contribution in [2.75, 3.05) is 19.8 Å². The molecule has 3 heteroatoms. The molecule has 0 saturated heterocycles. The maximum Gasteiger partial charge on any atom is 0.0591 e. The van der Waals surface area contributed by atoms with Crippen molar-refractivity contribution in [2.24, 2.45) is 5.92 Å². The van der Waals surface area contributed by atoms with Crippen molar-refractivity contribution in [1.29, 1.82) is 0 Å². The zero-order chi connectivity index (χ0) is 11.2. The predicted octanol–water partition coefficient (Wildman–Crippen LogP) is 2.86. The molecule has 88 valence electrons. The molecule has 0 spiro atoms. The molecule has 16 heavy (non-hydrogen) atoms. The average molecular weight is 240 g/mol. The van der Waals surface area contributed by atoms with Gasteiger partial charge in [-0.1, -0.05) is 29.8 Å². The van der Waals surface area contributed by atoms with Gasteiger partial charge in [-0.2, -0.15) is 0 Å². The van der Waals surface area contributed by atoms with E-state index in [2.05, 4.69) is 5.32 Å². The van der Waals surface area contributed by atoms with Gasteiger partial charge < -0.3 is 10.1 Å². The highest BCUT2D eigenvalue weighted by Gasteiger charge is 2.20. The molecule has 1 aliphatic carbocycles. The lowest BCUT2D eigenvalue weighted by Gasteiger charge is -2.07. The summed E-state index contributed by atoms with van der Waals surface area (Å²) in [4.78, 5) is 0. The first-order valence-corrected chi connectivity index (χ1v) is 6.26. The van der Waals surface area contributed by atoms with Gasteiger partial charge in [-0.05, 0) is 30.4 Å². The summed E-state index contributed by atoms with van der Waals surface area (Å²) in [6.07, 6.45) is 2.71. The lowest BCUT2D eigenvalue weighted by Crippen LogP contribution is -2.19. The number of halogens is 1. The second-order valence-electron chi connectivity index (χ2n) is 4.29. The van der Waals surface area contributed by atoms with Crippen LogP contribution in [0.1, 0.15) is 18.4 Å². The van der Waals surface area contributed by atoms with Gasteiger partial charge in [-0.25, -0.2) is 0 Å². The molecule has 1 N–H and O–H groups in total. The maximum absolute atomic E-state index is 6.04. The van der Waals surface area contributed by atoms with Crippen LogP contribution in [-0.4, -0.2) is 19.8 Å². The summed E-state index contributed by atoms with van der Waals surface area (Å²) < 4.78 is 5.53. The van der Waals surface area contributed by atoms with Crippen molar-refractivity contribution in [3.63, 3.8) is 0 Å². The van der Waals surface area contributed by atoms with E-state index >= 15 is 0 Å². The fourth-order valence-corrected chi connectivity index (χ4v) is 1.75. The van der Waals surface area contributed by atoms with E-state index < -0.39 is 0 Å². The zero-order valence-corrected chi connectivity index (χ0v) is 10.2. The second kappa shape index (κ2) is 6.24. The summed E-state index contributed by atoms with van der Waals surface area (Å²) in [6.45, 7) is 3.43. The van der Waals surface area contributed by atoms with Crippen LogP contribution in [0.3, 0.4) is 0 Å². The molecule has 0 atom stereocenters. The molecule has 0 heterocycles. The Kier molecular flexibility index (Phi) is 4.64. The van der Waals surface area contributed by atoms with Crippen molar-refractivity contribution < 1.29 is 4.74 Å². The molecule has 0 aromatic heterocycles. The first-order valence-electron chi connectivity index (χ1n) is 5.88. The fraction of sp³-hybridized carbons (Fsp3) is 0.538. The number of rotatable bonds is 7. The Labute approximate surface area is 102 Å². The van der Waals surface area contributed by atoms with Crippen molar-refractivity contribution in [3.8, 4) is 0 Å². The monoisotopic (exact) mass is 239 g/mol. The molecule has 2 nitrogen and oxygen atoms in total. The standard InChI is InChI=1S/C13H18ClNO/c14-13-4-2-1-3-12(13)9-15-7-8-16-10-11-5-6-11/h1-4,11,15H,5-10H2. The van der Waals surface area contributed by atoms with Crippen LogP contribution < -0.4 is 5.32 Å². The lowest BCUT2D eigenvalue weighted by molar-refractivity contribution is 0.126. The molecule has 1 saturated carbocycles. The highest BCUT2D eigenvalue weighted by molar-refractivity contribution is 6.31. The zero-order valence-electron chi connectivity index (χ0n) is 9.42. The van der Waals surface area contributed by atoms with Crippen LogP contribution >= 0.6 is 11.6 Å². The molecule has 0 radical (unpaired) electrons. The van der Waals surface area contributed by atoms with E-state index in [9.17, 15) is 0 Å². The van der Waals surface area contributed by atoms with Crippen LogP contribution in [0.2, 0.25) is 5.02 Å². The summed E-state index contributed by atoms with van der Waals surface area (Å²) in [7, 11) is 0. The van der Waals surface area contributed by atoms with E-state index in [1.165, 1.54) is 12.8 Å². The third-order valence-electron chi connectivity index (χ3n) is 2.75. The summed E-state index contributed by atoms with van der Waals surface area (Å²) >= 11 is 6.04. The molecule has 0 amide bonds. The van der Waals surface area contributed by atoms with E-state index in [4.69, 9.17) is 16.3 Å². The highest BCUT2D eigenvalue weighted by atomic mass is 35.5. The Morgan fingerprint density at radius 3 is 2.88 bits per heavy atom. The molecule has 0 aliphatic heterocycles.